The quantitative estimate of drug-likeness (QED) is 0.866. The molecule has 1 aromatic rings. The molecule has 0 bridgehead atoms. The molecule has 2 unspecified atom stereocenters. The molecule has 0 aromatic heterocycles. The Hall–Kier alpha value is -0.480. The van der Waals surface area contributed by atoms with Crippen LogP contribution in [-0.2, 0) is 4.74 Å². The normalized spacial score (nSPS) is 20.4. The number of hydrogen-bond acceptors (Lipinski definition) is 3. The Balaban J connectivity index is 2.09. The lowest BCUT2D eigenvalue weighted by Gasteiger charge is -2.26. The van der Waals surface area contributed by atoms with Gasteiger partial charge >= 0.3 is 0 Å². The highest BCUT2D eigenvalue weighted by atomic mass is 35.5. The van der Waals surface area contributed by atoms with Crippen molar-refractivity contribution in [3.05, 3.63) is 28.2 Å². The van der Waals surface area contributed by atoms with Gasteiger partial charge in [-0.05, 0) is 38.9 Å². The number of halogens is 2. The maximum atomic E-state index is 6.18. The lowest BCUT2D eigenvalue weighted by molar-refractivity contribution is -0.00358. The number of hydrogen-bond donors (Lipinski definition) is 1. The van der Waals surface area contributed by atoms with Crippen molar-refractivity contribution < 1.29 is 9.47 Å². The zero-order valence-corrected chi connectivity index (χ0v) is 13.4. The van der Waals surface area contributed by atoms with Crippen LogP contribution in [0.2, 0.25) is 10.0 Å². The van der Waals surface area contributed by atoms with Gasteiger partial charge in [0.1, 0.15) is 6.10 Å². The van der Waals surface area contributed by atoms with Crippen molar-refractivity contribution in [3.63, 3.8) is 0 Å². The number of benzene rings is 1. The van der Waals surface area contributed by atoms with E-state index in [1.165, 1.54) is 0 Å². The molecule has 2 atom stereocenters. The molecule has 2 rings (SSSR count). The Kier molecular flexibility index (Phi) is 5.97. The SMILES string of the molecule is CC(C)OCC(Oc1c(Cl)cccc1Cl)C1CCNC1. The standard InChI is InChI=1S/C15H21Cl2NO2/c1-10(2)19-9-14(11-6-7-18-8-11)20-15-12(16)4-3-5-13(15)17/h3-5,10-11,14,18H,6-9H2,1-2H3. The summed E-state index contributed by atoms with van der Waals surface area (Å²) in [6.45, 7) is 6.54. The summed E-state index contributed by atoms with van der Waals surface area (Å²) in [5, 5.41) is 4.43. The predicted octanol–water partition coefficient (Wildman–Crippen LogP) is 3.78. The molecule has 1 fully saturated rings. The number of para-hydroxylation sites is 1. The fraction of sp³-hybridized carbons (Fsp3) is 0.600. The maximum Gasteiger partial charge on any atom is 0.157 e. The van der Waals surface area contributed by atoms with Crippen molar-refractivity contribution in [2.45, 2.75) is 32.5 Å². The van der Waals surface area contributed by atoms with Gasteiger partial charge in [0.25, 0.3) is 0 Å². The highest BCUT2D eigenvalue weighted by Crippen LogP contribution is 2.34. The molecule has 0 radical (unpaired) electrons. The minimum absolute atomic E-state index is 0.0372. The van der Waals surface area contributed by atoms with E-state index in [2.05, 4.69) is 5.32 Å². The molecule has 1 aromatic carbocycles. The number of ether oxygens (including phenoxy) is 2. The fourth-order valence-corrected chi connectivity index (χ4v) is 2.78. The van der Waals surface area contributed by atoms with Crippen LogP contribution in [0.3, 0.4) is 0 Å². The Morgan fingerprint density at radius 1 is 1.30 bits per heavy atom. The van der Waals surface area contributed by atoms with Crippen LogP contribution >= 0.6 is 23.2 Å². The minimum Gasteiger partial charge on any atom is -0.485 e. The topological polar surface area (TPSA) is 30.5 Å². The number of rotatable bonds is 6. The average molecular weight is 318 g/mol. The van der Waals surface area contributed by atoms with Crippen LogP contribution in [0.15, 0.2) is 18.2 Å². The highest BCUT2D eigenvalue weighted by molar-refractivity contribution is 6.37. The molecule has 1 aliphatic rings. The van der Waals surface area contributed by atoms with Crippen LogP contribution in [0.4, 0.5) is 0 Å². The molecular formula is C15H21Cl2NO2. The third-order valence-corrected chi connectivity index (χ3v) is 4.00. The second-order valence-electron chi connectivity index (χ2n) is 5.34. The summed E-state index contributed by atoms with van der Waals surface area (Å²) in [7, 11) is 0. The van der Waals surface area contributed by atoms with E-state index < -0.39 is 0 Å². The summed E-state index contributed by atoms with van der Waals surface area (Å²) >= 11 is 12.4. The lowest BCUT2D eigenvalue weighted by Crippen LogP contribution is -2.34. The molecule has 1 heterocycles. The molecule has 1 saturated heterocycles. The van der Waals surface area contributed by atoms with E-state index in [1.54, 1.807) is 12.1 Å². The van der Waals surface area contributed by atoms with Crippen molar-refractivity contribution >= 4 is 23.2 Å². The zero-order chi connectivity index (χ0) is 14.5. The summed E-state index contributed by atoms with van der Waals surface area (Å²) in [5.41, 5.74) is 0. The summed E-state index contributed by atoms with van der Waals surface area (Å²) < 4.78 is 11.8. The fourth-order valence-electron chi connectivity index (χ4n) is 2.29. The summed E-state index contributed by atoms with van der Waals surface area (Å²) in [6.07, 6.45) is 1.22. The van der Waals surface area contributed by atoms with E-state index >= 15 is 0 Å². The monoisotopic (exact) mass is 317 g/mol. The average Bonchev–Trinajstić information content (AvgIpc) is 2.91. The summed E-state index contributed by atoms with van der Waals surface area (Å²) in [6, 6.07) is 5.39. The largest absolute Gasteiger partial charge is 0.485 e. The van der Waals surface area contributed by atoms with E-state index in [0.29, 0.717) is 28.3 Å². The molecule has 112 valence electrons. The Morgan fingerprint density at radius 2 is 2.00 bits per heavy atom. The van der Waals surface area contributed by atoms with E-state index in [4.69, 9.17) is 32.7 Å². The first-order valence-corrected chi connectivity index (χ1v) is 7.76. The molecule has 0 spiro atoms. The Labute approximate surface area is 130 Å². The summed E-state index contributed by atoms with van der Waals surface area (Å²) in [5.74, 6) is 0.973. The van der Waals surface area contributed by atoms with Gasteiger partial charge < -0.3 is 14.8 Å². The van der Waals surface area contributed by atoms with Crippen molar-refractivity contribution in [1.82, 2.24) is 5.32 Å². The van der Waals surface area contributed by atoms with Crippen LogP contribution in [0.5, 0.6) is 5.75 Å². The van der Waals surface area contributed by atoms with Gasteiger partial charge in [0, 0.05) is 12.5 Å². The summed E-state index contributed by atoms with van der Waals surface area (Å²) in [4.78, 5) is 0. The van der Waals surface area contributed by atoms with Crippen molar-refractivity contribution in [2.75, 3.05) is 19.7 Å². The van der Waals surface area contributed by atoms with Gasteiger partial charge in [-0.3, -0.25) is 0 Å². The van der Waals surface area contributed by atoms with Crippen LogP contribution in [-0.4, -0.2) is 31.9 Å². The third kappa shape index (κ3) is 4.26. The molecule has 20 heavy (non-hydrogen) atoms. The van der Waals surface area contributed by atoms with Crippen LogP contribution < -0.4 is 10.1 Å². The molecule has 1 aliphatic heterocycles. The van der Waals surface area contributed by atoms with E-state index in [9.17, 15) is 0 Å². The third-order valence-electron chi connectivity index (χ3n) is 3.41. The van der Waals surface area contributed by atoms with Gasteiger partial charge in [-0.2, -0.15) is 0 Å². The van der Waals surface area contributed by atoms with E-state index in [1.807, 2.05) is 19.9 Å². The second kappa shape index (κ2) is 7.51. The molecule has 0 amide bonds. The second-order valence-corrected chi connectivity index (χ2v) is 6.16. The van der Waals surface area contributed by atoms with Gasteiger partial charge in [0.2, 0.25) is 0 Å². The van der Waals surface area contributed by atoms with Gasteiger partial charge in [0.05, 0.1) is 22.8 Å². The smallest absolute Gasteiger partial charge is 0.157 e. The number of nitrogens with one attached hydrogen (secondary N) is 1. The maximum absolute atomic E-state index is 6.18. The first kappa shape index (κ1) is 15.9. The Bertz CT molecular complexity index is 414. The van der Waals surface area contributed by atoms with Crippen molar-refractivity contribution in [2.24, 2.45) is 5.92 Å². The molecule has 1 N–H and O–H groups in total. The molecule has 0 aliphatic carbocycles. The molecular weight excluding hydrogens is 297 g/mol. The molecule has 3 nitrogen and oxygen atoms in total. The van der Waals surface area contributed by atoms with E-state index in [0.717, 1.165) is 19.5 Å². The highest BCUT2D eigenvalue weighted by Gasteiger charge is 2.28. The van der Waals surface area contributed by atoms with Gasteiger partial charge in [-0.25, -0.2) is 0 Å². The van der Waals surface area contributed by atoms with Crippen molar-refractivity contribution in [3.8, 4) is 5.75 Å². The molecule has 0 saturated carbocycles. The first-order valence-electron chi connectivity index (χ1n) is 7.01. The zero-order valence-electron chi connectivity index (χ0n) is 11.9. The molecule has 5 heteroatoms. The van der Waals surface area contributed by atoms with Crippen LogP contribution in [0.1, 0.15) is 20.3 Å². The van der Waals surface area contributed by atoms with E-state index in [-0.39, 0.29) is 12.2 Å². The minimum atomic E-state index is -0.0372. The van der Waals surface area contributed by atoms with Gasteiger partial charge in [0.15, 0.2) is 5.75 Å². The van der Waals surface area contributed by atoms with Gasteiger partial charge in [-0.15, -0.1) is 0 Å². The van der Waals surface area contributed by atoms with Crippen LogP contribution in [0, 0.1) is 5.92 Å². The van der Waals surface area contributed by atoms with Crippen molar-refractivity contribution in [1.29, 1.82) is 0 Å². The van der Waals surface area contributed by atoms with Crippen LogP contribution in [0.25, 0.3) is 0 Å². The predicted molar refractivity (Wildman–Crippen MR) is 82.9 cm³/mol. The Morgan fingerprint density at radius 3 is 2.55 bits per heavy atom. The first-order chi connectivity index (χ1) is 9.58. The van der Waals surface area contributed by atoms with Gasteiger partial charge in [-0.1, -0.05) is 29.3 Å². The lowest BCUT2D eigenvalue weighted by atomic mass is 10.0.